The van der Waals surface area contributed by atoms with E-state index in [0.29, 0.717) is 35.1 Å². The molecule has 4 rings (SSSR count). The Kier molecular flexibility index (Phi) is 6.43. The second-order valence-electron chi connectivity index (χ2n) is 9.75. The predicted molar refractivity (Wildman–Crippen MR) is 136 cm³/mol. The summed E-state index contributed by atoms with van der Waals surface area (Å²) in [7, 11) is 2.00. The number of rotatable bonds is 4. The minimum atomic E-state index is -0.734. The van der Waals surface area contributed by atoms with E-state index in [9.17, 15) is 9.90 Å². The summed E-state index contributed by atoms with van der Waals surface area (Å²) < 4.78 is 2.10. The average molecular weight is 488 g/mol. The molecule has 0 radical (unpaired) electrons. The monoisotopic (exact) mass is 487 g/mol. The first-order valence-electron chi connectivity index (χ1n) is 11.3. The highest BCUT2D eigenvalue weighted by Crippen LogP contribution is 2.34. The van der Waals surface area contributed by atoms with Gasteiger partial charge in [0.25, 0.3) is 5.91 Å². The highest BCUT2D eigenvalue weighted by atomic mass is 35.5. The topological polar surface area (TPSA) is 71.5 Å². The van der Waals surface area contributed by atoms with Crippen LogP contribution in [0, 0.1) is 12.8 Å². The van der Waals surface area contributed by atoms with Crippen LogP contribution in [-0.2, 0) is 13.5 Å². The van der Waals surface area contributed by atoms with Crippen LogP contribution in [0.25, 0.3) is 10.9 Å². The summed E-state index contributed by atoms with van der Waals surface area (Å²) in [4.78, 5) is 15.1. The number of piperidine rings is 1. The zero-order valence-electron chi connectivity index (χ0n) is 19.6. The van der Waals surface area contributed by atoms with Crippen molar-refractivity contribution in [2.24, 2.45) is 13.0 Å². The maximum Gasteiger partial charge on any atom is 0.255 e. The number of halogens is 2. The molecule has 1 aliphatic heterocycles. The Morgan fingerprint density at radius 2 is 1.85 bits per heavy atom. The molecule has 2 heterocycles. The number of hydrogen-bond acceptors (Lipinski definition) is 3. The highest BCUT2D eigenvalue weighted by molar-refractivity contribution is 6.38. The van der Waals surface area contributed by atoms with E-state index in [1.54, 1.807) is 12.1 Å². The number of hydrogen-bond donors (Lipinski definition) is 2. The van der Waals surface area contributed by atoms with Crippen LogP contribution >= 0.6 is 23.2 Å². The normalized spacial score (nSPS) is 15.4. The van der Waals surface area contributed by atoms with Gasteiger partial charge in [-0.15, -0.1) is 0 Å². The fraction of sp³-hybridized carbons (Fsp3) is 0.423. The summed E-state index contributed by atoms with van der Waals surface area (Å²) >= 11 is 13.3. The molecule has 0 aliphatic carbocycles. The van der Waals surface area contributed by atoms with E-state index >= 15 is 0 Å². The third-order valence-electron chi connectivity index (χ3n) is 7.05. The van der Waals surface area contributed by atoms with Crippen LogP contribution in [0.3, 0.4) is 0 Å². The second kappa shape index (κ2) is 8.86. The Balaban J connectivity index is 1.62. The van der Waals surface area contributed by atoms with Gasteiger partial charge in [-0.25, -0.2) is 0 Å². The number of likely N-dealkylation sites (tertiary alicyclic amines) is 1. The number of anilines is 1. The van der Waals surface area contributed by atoms with E-state index in [1.165, 1.54) is 0 Å². The van der Waals surface area contributed by atoms with E-state index in [1.807, 2.05) is 44.9 Å². The number of nitrogen functional groups attached to an aromatic ring is 1. The molecule has 33 heavy (non-hydrogen) atoms. The van der Waals surface area contributed by atoms with Gasteiger partial charge in [0.05, 0.1) is 21.7 Å². The maximum atomic E-state index is 13.3. The standard InChI is InChI=1S/C26H31Cl2N3O2/c1-15-11-17(29)12-23-20(15)13-18(30(23)4)14-21-22(27)6-5-19(24(21)28)25(32)31-9-7-16(8-10-31)26(2,3)33/h5-6,11-13,16,33H,7-10,14,29H2,1-4H3. The molecule has 1 aromatic heterocycles. The van der Waals surface area contributed by atoms with Gasteiger partial charge in [-0.2, -0.15) is 0 Å². The van der Waals surface area contributed by atoms with E-state index in [4.69, 9.17) is 28.9 Å². The number of fused-ring (bicyclic) bond motifs is 1. The lowest BCUT2D eigenvalue weighted by molar-refractivity contribution is -0.0108. The highest BCUT2D eigenvalue weighted by Gasteiger charge is 2.33. The van der Waals surface area contributed by atoms with Crippen LogP contribution < -0.4 is 5.73 Å². The molecule has 0 atom stereocenters. The third-order valence-corrected chi connectivity index (χ3v) is 7.83. The van der Waals surface area contributed by atoms with Crippen molar-refractivity contribution in [1.29, 1.82) is 0 Å². The summed E-state index contributed by atoms with van der Waals surface area (Å²) in [6, 6.07) is 9.53. The van der Waals surface area contributed by atoms with Crippen molar-refractivity contribution in [1.82, 2.24) is 9.47 Å². The quantitative estimate of drug-likeness (QED) is 0.471. The predicted octanol–water partition coefficient (Wildman–Crippen LogP) is 5.59. The van der Waals surface area contributed by atoms with Gasteiger partial charge in [-0.1, -0.05) is 23.2 Å². The number of benzene rings is 2. The van der Waals surface area contributed by atoms with Crippen molar-refractivity contribution in [2.45, 2.75) is 45.6 Å². The number of carbonyl (C=O) groups is 1. The summed E-state index contributed by atoms with van der Waals surface area (Å²) in [6.45, 7) is 6.92. The zero-order chi connectivity index (χ0) is 24.1. The van der Waals surface area contributed by atoms with Crippen molar-refractivity contribution in [3.05, 3.63) is 62.8 Å². The summed E-state index contributed by atoms with van der Waals surface area (Å²) in [5.41, 5.74) is 10.5. The van der Waals surface area contributed by atoms with Crippen LogP contribution in [0.1, 0.15) is 53.9 Å². The Morgan fingerprint density at radius 1 is 1.18 bits per heavy atom. The van der Waals surface area contributed by atoms with Gasteiger partial charge in [0.1, 0.15) is 0 Å². The van der Waals surface area contributed by atoms with Gasteiger partial charge in [0, 0.05) is 48.3 Å². The van der Waals surface area contributed by atoms with Gasteiger partial charge < -0.3 is 20.3 Å². The van der Waals surface area contributed by atoms with Crippen LogP contribution in [0.5, 0.6) is 0 Å². The smallest absolute Gasteiger partial charge is 0.255 e. The first-order valence-corrected chi connectivity index (χ1v) is 12.1. The van der Waals surface area contributed by atoms with Gasteiger partial charge in [0.2, 0.25) is 0 Å². The lowest BCUT2D eigenvalue weighted by Gasteiger charge is -2.38. The molecule has 0 bridgehead atoms. The average Bonchev–Trinajstić information content (AvgIpc) is 3.06. The largest absolute Gasteiger partial charge is 0.399 e. The summed E-state index contributed by atoms with van der Waals surface area (Å²) in [5.74, 6) is 0.0922. The summed E-state index contributed by atoms with van der Waals surface area (Å²) in [5, 5.41) is 12.4. The maximum absolute atomic E-state index is 13.3. The van der Waals surface area contributed by atoms with Crippen LogP contribution in [0.15, 0.2) is 30.3 Å². The van der Waals surface area contributed by atoms with Crippen LogP contribution in [0.4, 0.5) is 5.69 Å². The Bertz CT molecular complexity index is 1220. The molecule has 1 saturated heterocycles. The number of aromatic nitrogens is 1. The Labute approximate surface area is 205 Å². The minimum Gasteiger partial charge on any atom is -0.399 e. The van der Waals surface area contributed by atoms with Crippen molar-refractivity contribution in [2.75, 3.05) is 18.8 Å². The lowest BCUT2D eigenvalue weighted by atomic mass is 9.83. The number of aryl methyl sites for hydroxylation is 2. The molecule has 2 aromatic carbocycles. The molecule has 0 spiro atoms. The molecule has 3 N–H and O–H groups in total. The van der Waals surface area contributed by atoms with Gasteiger partial charge >= 0.3 is 0 Å². The van der Waals surface area contributed by atoms with Gasteiger partial charge in [-0.3, -0.25) is 4.79 Å². The van der Waals surface area contributed by atoms with Crippen molar-refractivity contribution >= 4 is 45.7 Å². The molecule has 0 unspecified atom stereocenters. The Hall–Kier alpha value is -2.21. The van der Waals surface area contributed by atoms with E-state index in [2.05, 4.69) is 10.6 Å². The lowest BCUT2D eigenvalue weighted by Crippen LogP contribution is -2.44. The zero-order valence-corrected chi connectivity index (χ0v) is 21.1. The molecule has 1 amide bonds. The number of aliphatic hydroxyl groups is 1. The fourth-order valence-electron chi connectivity index (χ4n) is 4.93. The first-order chi connectivity index (χ1) is 15.5. The van der Waals surface area contributed by atoms with E-state index in [0.717, 1.165) is 46.3 Å². The molecule has 7 heteroatoms. The summed E-state index contributed by atoms with van der Waals surface area (Å²) in [6.07, 6.45) is 2.04. The third kappa shape index (κ3) is 4.59. The molecular weight excluding hydrogens is 457 g/mol. The number of carbonyl (C=O) groups excluding carboxylic acids is 1. The molecule has 176 valence electrons. The van der Waals surface area contributed by atoms with Crippen LogP contribution in [0.2, 0.25) is 10.0 Å². The van der Waals surface area contributed by atoms with Crippen LogP contribution in [-0.4, -0.2) is 39.2 Å². The molecule has 1 fully saturated rings. The molecular formula is C26H31Cl2N3O2. The minimum absolute atomic E-state index is 0.0900. The molecule has 3 aromatic rings. The van der Waals surface area contributed by atoms with Crippen molar-refractivity contribution < 1.29 is 9.90 Å². The SMILES string of the molecule is Cc1cc(N)cc2c1cc(Cc1c(Cl)ccc(C(=O)N3CCC(C(C)(C)O)CC3)c1Cl)n2C. The number of nitrogens with two attached hydrogens (primary N) is 1. The van der Waals surface area contributed by atoms with Gasteiger partial charge in [-0.05, 0) is 81.0 Å². The number of nitrogens with zero attached hydrogens (tertiary/aromatic N) is 2. The molecule has 5 nitrogen and oxygen atoms in total. The number of amides is 1. The first kappa shape index (κ1) is 23.9. The van der Waals surface area contributed by atoms with Gasteiger partial charge in [0.15, 0.2) is 0 Å². The second-order valence-corrected chi connectivity index (χ2v) is 10.5. The van der Waals surface area contributed by atoms with Crippen molar-refractivity contribution in [3.8, 4) is 0 Å². The van der Waals surface area contributed by atoms with E-state index in [-0.39, 0.29) is 11.8 Å². The van der Waals surface area contributed by atoms with Crippen molar-refractivity contribution in [3.63, 3.8) is 0 Å². The van der Waals surface area contributed by atoms with E-state index < -0.39 is 5.60 Å². The Morgan fingerprint density at radius 3 is 2.48 bits per heavy atom. The molecule has 0 saturated carbocycles. The molecule has 1 aliphatic rings. The fourth-order valence-corrected chi connectivity index (χ4v) is 5.51.